The van der Waals surface area contributed by atoms with Gasteiger partial charge in [0.2, 0.25) is 5.88 Å². The number of rotatable bonds is 4. The summed E-state index contributed by atoms with van der Waals surface area (Å²) in [5.74, 6) is 0.454. The van der Waals surface area contributed by atoms with E-state index in [1.807, 2.05) is 0 Å². The number of amidine groups is 1. The molecule has 0 atom stereocenters. The zero-order chi connectivity index (χ0) is 13.0. The average Bonchev–Trinajstić information content (AvgIpc) is 2.40. The lowest BCUT2D eigenvalue weighted by atomic mass is 10.2. The van der Waals surface area contributed by atoms with Gasteiger partial charge in [-0.15, -0.1) is 5.10 Å². The van der Waals surface area contributed by atoms with Crippen LogP contribution in [0.4, 0.5) is 0 Å². The number of benzene rings is 1. The first-order valence-electron chi connectivity index (χ1n) is 5.25. The summed E-state index contributed by atoms with van der Waals surface area (Å²) >= 11 is 0. The molecule has 0 spiro atoms. The van der Waals surface area contributed by atoms with Gasteiger partial charge in [-0.1, -0.05) is 18.2 Å². The monoisotopic (exact) mass is 244 g/mol. The topological polar surface area (TPSA) is 105 Å². The smallest absolute Gasteiger partial charge is 0.249 e. The first-order valence-corrected chi connectivity index (χ1v) is 5.25. The van der Waals surface area contributed by atoms with E-state index in [-0.39, 0.29) is 18.3 Å². The van der Waals surface area contributed by atoms with E-state index in [2.05, 4.69) is 10.2 Å². The third-order valence-corrected chi connectivity index (χ3v) is 2.33. The van der Waals surface area contributed by atoms with Gasteiger partial charge >= 0.3 is 0 Å². The van der Waals surface area contributed by atoms with Crippen LogP contribution in [0.3, 0.4) is 0 Å². The number of aliphatic hydroxyl groups is 1. The van der Waals surface area contributed by atoms with Crippen molar-refractivity contribution in [1.82, 2.24) is 10.2 Å². The Balaban J connectivity index is 2.37. The van der Waals surface area contributed by atoms with Gasteiger partial charge in [0.1, 0.15) is 11.6 Å². The van der Waals surface area contributed by atoms with Crippen molar-refractivity contribution in [3.05, 3.63) is 47.7 Å². The Morgan fingerprint density at radius 2 is 2.11 bits per heavy atom. The van der Waals surface area contributed by atoms with Crippen LogP contribution in [0.15, 0.2) is 36.5 Å². The summed E-state index contributed by atoms with van der Waals surface area (Å²) in [5.41, 5.74) is 6.41. The maximum atomic E-state index is 9.19. The van der Waals surface area contributed by atoms with E-state index in [0.717, 1.165) is 0 Å². The van der Waals surface area contributed by atoms with Gasteiger partial charge in [-0.05, 0) is 12.1 Å². The van der Waals surface area contributed by atoms with Crippen LogP contribution in [0.1, 0.15) is 11.1 Å². The lowest BCUT2D eigenvalue weighted by molar-refractivity contribution is 0.276. The summed E-state index contributed by atoms with van der Waals surface area (Å²) in [6, 6.07) is 8.55. The van der Waals surface area contributed by atoms with Gasteiger partial charge in [0, 0.05) is 5.56 Å². The third kappa shape index (κ3) is 2.44. The van der Waals surface area contributed by atoms with Crippen molar-refractivity contribution in [2.75, 3.05) is 0 Å². The van der Waals surface area contributed by atoms with Crippen LogP contribution >= 0.6 is 0 Å². The minimum absolute atomic E-state index is 0.144. The van der Waals surface area contributed by atoms with E-state index in [9.17, 15) is 5.11 Å². The normalized spacial score (nSPS) is 10.1. The van der Waals surface area contributed by atoms with Gasteiger partial charge in [-0.3, -0.25) is 5.41 Å². The molecule has 4 N–H and O–H groups in total. The molecule has 2 rings (SSSR count). The van der Waals surface area contributed by atoms with E-state index in [1.165, 1.54) is 6.20 Å². The molecule has 6 heteroatoms. The molecule has 0 bridgehead atoms. The van der Waals surface area contributed by atoms with Gasteiger partial charge in [0.25, 0.3) is 0 Å². The average molecular weight is 244 g/mol. The Kier molecular flexibility index (Phi) is 3.49. The summed E-state index contributed by atoms with van der Waals surface area (Å²) in [7, 11) is 0. The van der Waals surface area contributed by atoms with Crippen molar-refractivity contribution < 1.29 is 9.84 Å². The molecule has 0 amide bonds. The lowest BCUT2D eigenvalue weighted by Gasteiger charge is -2.10. The Bertz CT molecular complexity index is 572. The van der Waals surface area contributed by atoms with Crippen molar-refractivity contribution in [3.8, 4) is 11.6 Å². The molecule has 0 fully saturated rings. The van der Waals surface area contributed by atoms with Crippen molar-refractivity contribution in [2.24, 2.45) is 5.73 Å². The second-order valence-electron chi connectivity index (χ2n) is 3.53. The Hall–Kier alpha value is -2.47. The predicted octanol–water partition coefficient (Wildman–Crippen LogP) is 1.05. The van der Waals surface area contributed by atoms with Crippen LogP contribution in [0.25, 0.3) is 0 Å². The minimum atomic E-state index is -0.152. The molecule has 0 aliphatic carbocycles. The molecule has 0 aliphatic heterocycles. The van der Waals surface area contributed by atoms with Crippen LogP contribution in [-0.4, -0.2) is 21.1 Å². The molecule has 2 aromatic rings. The number of nitrogens with two attached hydrogens (primary N) is 1. The summed E-state index contributed by atoms with van der Waals surface area (Å²) in [4.78, 5) is 0. The van der Waals surface area contributed by atoms with Crippen molar-refractivity contribution in [2.45, 2.75) is 6.61 Å². The molecular formula is C12H12N4O2. The number of hydrogen-bond acceptors (Lipinski definition) is 5. The Labute approximate surface area is 104 Å². The number of nitrogens with one attached hydrogen (secondary N) is 1. The highest BCUT2D eigenvalue weighted by molar-refractivity contribution is 5.96. The number of aromatic nitrogens is 2. The fourth-order valence-electron chi connectivity index (χ4n) is 1.44. The molecule has 6 nitrogen and oxygen atoms in total. The number of ether oxygens (including phenoxy) is 1. The number of nitrogen functional groups attached to an aromatic ring is 1. The molecule has 1 heterocycles. The Morgan fingerprint density at radius 1 is 1.33 bits per heavy atom. The fourth-order valence-corrected chi connectivity index (χ4v) is 1.44. The van der Waals surface area contributed by atoms with E-state index in [1.54, 1.807) is 30.3 Å². The van der Waals surface area contributed by atoms with Crippen molar-refractivity contribution >= 4 is 5.84 Å². The molecule has 0 saturated carbocycles. The number of para-hydroxylation sites is 1. The Morgan fingerprint density at radius 3 is 2.83 bits per heavy atom. The van der Waals surface area contributed by atoms with Crippen molar-refractivity contribution in [1.29, 1.82) is 5.41 Å². The van der Waals surface area contributed by atoms with E-state index in [4.69, 9.17) is 15.9 Å². The molecule has 0 aliphatic rings. The van der Waals surface area contributed by atoms with Crippen LogP contribution in [0.2, 0.25) is 0 Å². The van der Waals surface area contributed by atoms with Gasteiger partial charge in [-0.2, -0.15) is 5.10 Å². The van der Waals surface area contributed by atoms with Gasteiger partial charge in [0.05, 0.1) is 18.4 Å². The van der Waals surface area contributed by atoms with Crippen LogP contribution in [-0.2, 0) is 6.61 Å². The van der Waals surface area contributed by atoms with Crippen LogP contribution in [0.5, 0.6) is 11.6 Å². The summed E-state index contributed by atoms with van der Waals surface area (Å²) < 4.78 is 5.54. The fraction of sp³-hybridized carbons (Fsp3) is 0.0833. The molecule has 0 saturated heterocycles. The zero-order valence-electron chi connectivity index (χ0n) is 9.50. The highest BCUT2D eigenvalue weighted by atomic mass is 16.5. The quantitative estimate of drug-likeness (QED) is 0.550. The number of hydrogen-bond donors (Lipinski definition) is 3. The standard InChI is InChI=1S/C12H12N4O2/c13-11(14)9-5-6-15-16-12(9)18-10-4-2-1-3-8(10)7-17/h1-6,17H,7H2,(H3,13,14). The lowest BCUT2D eigenvalue weighted by Crippen LogP contribution is -2.13. The second-order valence-corrected chi connectivity index (χ2v) is 3.53. The summed E-state index contributed by atoms with van der Waals surface area (Å²) in [6.07, 6.45) is 1.43. The number of aliphatic hydroxyl groups excluding tert-OH is 1. The first-order chi connectivity index (χ1) is 8.72. The third-order valence-electron chi connectivity index (χ3n) is 2.33. The van der Waals surface area contributed by atoms with Crippen LogP contribution in [0, 0.1) is 5.41 Å². The molecule has 1 aromatic carbocycles. The maximum absolute atomic E-state index is 9.19. The molecular weight excluding hydrogens is 232 g/mol. The SMILES string of the molecule is N=C(N)c1ccnnc1Oc1ccccc1CO. The van der Waals surface area contributed by atoms with E-state index in [0.29, 0.717) is 16.9 Å². The van der Waals surface area contributed by atoms with E-state index < -0.39 is 0 Å². The first kappa shape index (κ1) is 12.0. The van der Waals surface area contributed by atoms with E-state index >= 15 is 0 Å². The van der Waals surface area contributed by atoms with Gasteiger partial charge in [0.15, 0.2) is 0 Å². The van der Waals surface area contributed by atoms with Crippen molar-refractivity contribution in [3.63, 3.8) is 0 Å². The van der Waals surface area contributed by atoms with Crippen LogP contribution < -0.4 is 10.5 Å². The molecule has 0 radical (unpaired) electrons. The molecule has 92 valence electrons. The highest BCUT2D eigenvalue weighted by Crippen LogP contribution is 2.25. The highest BCUT2D eigenvalue weighted by Gasteiger charge is 2.11. The van der Waals surface area contributed by atoms with Gasteiger partial charge < -0.3 is 15.6 Å². The summed E-state index contributed by atoms with van der Waals surface area (Å²) in [6.45, 7) is -0.147. The molecule has 18 heavy (non-hydrogen) atoms. The number of nitrogens with zero attached hydrogens (tertiary/aromatic N) is 2. The summed E-state index contributed by atoms with van der Waals surface area (Å²) in [5, 5.41) is 24.1. The molecule has 1 aromatic heterocycles. The second kappa shape index (κ2) is 5.24. The largest absolute Gasteiger partial charge is 0.437 e. The maximum Gasteiger partial charge on any atom is 0.249 e. The van der Waals surface area contributed by atoms with Gasteiger partial charge in [-0.25, -0.2) is 0 Å². The minimum Gasteiger partial charge on any atom is -0.437 e. The zero-order valence-corrected chi connectivity index (χ0v) is 9.50. The predicted molar refractivity (Wildman–Crippen MR) is 65.5 cm³/mol. The molecule has 0 unspecified atom stereocenters.